The molecule has 1 heterocycles. The van der Waals surface area contributed by atoms with E-state index in [4.69, 9.17) is 27.9 Å². The van der Waals surface area contributed by atoms with Gasteiger partial charge in [-0.05, 0) is 19.1 Å². The summed E-state index contributed by atoms with van der Waals surface area (Å²) in [6.45, 7) is 1.20. The Kier molecular flexibility index (Phi) is 3.74. The van der Waals surface area contributed by atoms with Crippen LogP contribution >= 0.6 is 34.9 Å². The summed E-state index contributed by atoms with van der Waals surface area (Å²) in [5.41, 5.74) is 0.866. The van der Waals surface area contributed by atoms with Crippen molar-refractivity contribution >= 4 is 63.5 Å². The molecule has 1 unspecified atom stereocenters. The number of hydrogen-bond donors (Lipinski definition) is 1. The Hall–Kier alpha value is -1.44. The van der Waals surface area contributed by atoms with Gasteiger partial charge in [0, 0.05) is 6.42 Å². The fourth-order valence-corrected chi connectivity index (χ4v) is 3.24. The van der Waals surface area contributed by atoms with Crippen LogP contribution in [0.4, 0.5) is 5.69 Å². The predicted molar refractivity (Wildman–Crippen MR) is 84.2 cm³/mol. The van der Waals surface area contributed by atoms with Gasteiger partial charge in [-0.2, -0.15) is 8.75 Å². The Morgan fingerprint density at radius 2 is 2.14 bits per heavy atom. The normalized spacial score (nSPS) is 22.3. The molecule has 9 heteroatoms. The van der Waals surface area contributed by atoms with E-state index in [1.807, 2.05) is 0 Å². The Morgan fingerprint density at radius 3 is 2.82 bits per heavy atom. The number of nitrogens with one attached hydrogen (secondary N) is 1. The third-order valence-electron chi connectivity index (χ3n) is 3.60. The first-order valence-corrected chi connectivity index (χ1v) is 7.88. The maximum Gasteiger partial charge on any atom is 0.315 e. The molecule has 1 fully saturated rings. The molecule has 1 aliphatic rings. The summed E-state index contributed by atoms with van der Waals surface area (Å²) < 4.78 is 12.1. The van der Waals surface area contributed by atoms with E-state index in [1.165, 1.54) is 0 Å². The van der Waals surface area contributed by atoms with Crippen LogP contribution in [-0.2, 0) is 14.3 Å². The number of nitrogens with zero attached hydrogens (tertiary/aromatic N) is 2. The number of halogens is 2. The molecule has 1 aromatic carbocycles. The lowest BCUT2D eigenvalue weighted by atomic mass is 10.1. The summed E-state index contributed by atoms with van der Waals surface area (Å²) in [4.78, 5) is 23.8. The van der Waals surface area contributed by atoms with Crippen LogP contribution in [0.1, 0.15) is 13.3 Å². The molecular formula is C13H11Cl2N3O3S. The van der Waals surface area contributed by atoms with Crippen molar-refractivity contribution in [1.29, 1.82) is 0 Å². The lowest BCUT2D eigenvalue weighted by Gasteiger charge is -2.11. The maximum atomic E-state index is 11.9. The first-order valence-electron chi connectivity index (χ1n) is 6.40. The first kappa shape index (κ1) is 15.5. The van der Waals surface area contributed by atoms with Gasteiger partial charge in [0.25, 0.3) is 5.91 Å². The summed E-state index contributed by atoms with van der Waals surface area (Å²) in [6, 6.07) is 5.25. The molecule has 0 bridgehead atoms. The van der Waals surface area contributed by atoms with E-state index >= 15 is 0 Å². The highest BCUT2D eigenvalue weighted by Gasteiger charge is 2.69. The van der Waals surface area contributed by atoms with Crippen LogP contribution in [0.3, 0.4) is 0 Å². The fraction of sp³-hybridized carbons (Fsp3) is 0.385. The number of benzene rings is 1. The van der Waals surface area contributed by atoms with Crippen molar-refractivity contribution in [2.75, 3.05) is 11.9 Å². The van der Waals surface area contributed by atoms with Crippen LogP contribution in [0.2, 0.25) is 0 Å². The minimum absolute atomic E-state index is 0.313. The van der Waals surface area contributed by atoms with Gasteiger partial charge in [0.2, 0.25) is 0 Å². The third-order valence-corrected chi connectivity index (χ3v) is 5.25. The van der Waals surface area contributed by atoms with Crippen LogP contribution in [-0.4, -0.2) is 31.6 Å². The molecule has 0 spiro atoms. The Morgan fingerprint density at radius 1 is 1.41 bits per heavy atom. The summed E-state index contributed by atoms with van der Waals surface area (Å²) >= 11 is 12.8. The van der Waals surface area contributed by atoms with E-state index in [0.717, 1.165) is 11.7 Å². The van der Waals surface area contributed by atoms with Crippen LogP contribution < -0.4 is 5.32 Å². The van der Waals surface area contributed by atoms with Gasteiger partial charge in [0.15, 0.2) is 6.61 Å². The van der Waals surface area contributed by atoms with Crippen LogP contribution in [0.15, 0.2) is 18.2 Å². The molecule has 1 atom stereocenters. The monoisotopic (exact) mass is 359 g/mol. The van der Waals surface area contributed by atoms with Gasteiger partial charge in [-0.1, -0.05) is 6.07 Å². The molecule has 0 saturated heterocycles. The van der Waals surface area contributed by atoms with Gasteiger partial charge in [-0.15, -0.1) is 23.2 Å². The quantitative estimate of drug-likeness (QED) is 0.670. The number of carbonyl (C=O) groups is 2. The molecule has 1 N–H and O–H groups in total. The zero-order chi connectivity index (χ0) is 16.0. The third kappa shape index (κ3) is 2.64. The second kappa shape index (κ2) is 5.33. The molecule has 3 rings (SSSR count). The molecule has 22 heavy (non-hydrogen) atoms. The van der Waals surface area contributed by atoms with Crippen LogP contribution in [0.25, 0.3) is 11.0 Å². The Balaban J connectivity index is 1.60. The number of esters is 1. The average molecular weight is 360 g/mol. The highest BCUT2D eigenvalue weighted by molar-refractivity contribution is 7.00. The largest absolute Gasteiger partial charge is 0.455 e. The number of anilines is 1. The van der Waals surface area contributed by atoms with Crippen molar-refractivity contribution < 1.29 is 14.3 Å². The lowest BCUT2D eigenvalue weighted by molar-refractivity contribution is -0.152. The molecule has 0 radical (unpaired) electrons. The first-order chi connectivity index (χ1) is 10.3. The van der Waals surface area contributed by atoms with Crippen molar-refractivity contribution in [3.05, 3.63) is 18.2 Å². The zero-order valence-corrected chi connectivity index (χ0v) is 13.8. The second-order valence-electron chi connectivity index (χ2n) is 5.28. The van der Waals surface area contributed by atoms with Crippen molar-refractivity contribution in [3.8, 4) is 0 Å². The minimum Gasteiger partial charge on any atom is -0.455 e. The number of carbonyl (C=O) groups excluding carboxylic acids is 2. The van der Waals surface area contributed by atoms with Gasteiger partial charge in [0.05, 0.1) is 17.4 Å². The Bertz CT molecular complexity index is 764. The van der Waals surface area contributed by atoms with Gasteiger partial charge < -0.3 is 10.1 Å². The molecule has 1 saturated carbocycles. The van der Waals surface area contributed by atoms with Crippen LogP contribution in [0.5, 0.6) is 0 Å². The molecule has 6 nitrogen and oxygen atoms in total. The number of alkyl halides is 2. The molecule has 1 aliphatic carbocycles. The van der Waals surface area contributed by atoms with E-state index in [-0.39, 0.29) is 0 Å². The second-order valence-corrected chi connectivity index (χ2v) is 7.29. The van der Waals surface area contributed by atoms with Gasteiger partial charge in [-0.3, -0.25) is 9.59 Å². The highest BCUT2D eigenvalue weighted by Crippen LogP contribution is 2.64. The molecule has 0 aliphatic heterocycles. The van der Waals surface area contributed by atoms with E-state index < -0.39 is 28.2 Å². The van der Waals surface area contributed by atoms with Gasteiger partial charge in [0.1, 0.15) is 20.8 Å². The summed E-state index contributed by atoms with van der Waals surface area (Å²) in [7, 11) is 0. The molecule has 1 amide bonds. The number of hydrogen-bond acceptors (Lipinski definition) is 6. The van der Waals surface area contributed by atoms with Crippen molar-refractivity contribution in [2.45, 2.75) is 17.7 Å². The van der Waals surface area contributed by atoms with E-state index in [0.29, 0.717) is 23.1 Å². The zero-order valence-electron chi connectivity index (χ0n) is 11.4. The van der Waals surface area contributed by atoms with Crippen LogP contribution in [0, 0.1) is 5.41 Å². The number of rotatable bonds is 4. The maximum absolute atomic E-state index is 11.9. The fourth-order valence-electron chi connectivity index (χ4n) is 2.01. The predicted octanol–water partition coefficient (Wildman–Crippen LogP) is 2.76. The number of fused-ring (bicyclic) bond motifs is 1. The summed E-state index contributed by atoms with van der Waals surface area (Å²) in [5, 5.41) is 2.64. The molecule has 1 aromatic heterocycles. The topological polar surface area (TPSA) is 81.2 Å². The van der Waals surface area contributed by atoms with Crippen molar-refractivity contribution in [3.63, 3.8) is 0 Å². The van der Waals surface area contributed by atoms with Crippen molar-refractivity contribution in [1.82, 2.24) is 8.75 Å². The molecule has 2 aromatic rings. The number of aromatic nitrogens is 2. The van der Waals surface area contributed by atoms with E-state index in [9.17, 15) is 9.59 Å². The molecular weight excluding hydrogens is 349 g/mol. The highest BCUT2D eigenvalue weighted by atomic mass is 35.5. The van der Waals surface area contributed by atoms with Gasteiger partial charge >= 0.3 is 5.97 Å². The summed E-state index contributed by atoms with van der Waals surface area (Å²) in [5.74, 6) is -1.05. The number of amides is 1. The van der Waals surface area contributed by atoms with E-state index in [2.05, 4.69) is 14.1 Å². The van der Waals surface area contributed by atoms with Crippen molar-refractivity contribution in [2.24, 2.45) is 5.41 Å². The standard InChI is InChI=1S/C13H11Cl2N3O3S/c1-12(6-13(12,14)15)11(20)21-5-9(19)16-7-3-2-4-8-10(7)18-22-17-8/h2-4H,5-6H2,1H3,(H,16,19). The van der Waals surface area contributed by atoms with Gasteiger partial charge in [-0.25, -0.2) is 0 Å². The van der Waals surface area contributed by atoms with E-state index in [1.54, 1.807) is 25.1 Å². The average Bonchev–Trinajstić information content (AvgIpc) is 2.83. The number of ether oxygens (including phenoxy) is 1. The molecule has 116 valence electrons. The minimum atomic E-state index is -1.11. The SMILES string of the molecule is CC1(C(=O)OCC(=O)Nc2cccc3nsnc23)CC1(Cl)Cl. The Labute approximate surface area is 140 Å². The summed E-state index contributed by atoms with van der Waals surface area (Å²) in [6.07, 6.45) is 0.313. The lowest BCUT2D eigenvalue weighted by Crippen LogP contribution is -2.26. The smallest absolute Gasteiger partial charge is 0.315 e.